The highest BCUT2D eigenvalue weighted by atomic mass is 35.5. The molecule has 1 heterocycles. The lowest BCUT2D eigenvalue weighted by atomic mass is 10.3. The Labute approximate surface area is 101 Å². The summed E-state index contributed by atoms with van der Waals surface area (Å²) in [5, 5.41) is 8.79. The molecule has 0 unspecified atom stereocenters. The number of nitrogens with two attached hydrogens (primary N) is 1. The number of nitrogens with zero attached hydrogens (tertiary/aromatic N) is 2. The lowest BCUT2D eigenvalue weighted by Crippen LogP contribution is -2.37. The van der Waals surface area contributed by atoms with Gasteiger partial charge in [0.15, 0.2) is 5.82 Å². The van der Waals surface area contributed by atoms with Crippen molar-refractivity contribution in [3.63, 3.8) is 0 Å². The van der Waals surface area contributed by atoms with Crippen molar-refractivity contribution in [1.82, 2.24) is 4.98 Å². The van der Waals surface area contributed by atoms with Crippen LogP contribution in [0.5, 0.6) is 0 Å². The van der Waals surface area contributed by atoms with Crippen LogP contribution < -0.4 is 10.6 Å². The number of pyridine rings is 1. The summed E-state index contributed by atoms with van der Waals surface area (Å²) in [7, 11) is 0. The second-order valence-electron chi connectivity index (χ2n) is 3.31. The molecule has 4 nitrogen and oxygen atoms in total. The molecule has 0 radical (unpaired) electrons. The molecule has 17 heavy (non-hydrogen) atoms. The summed E-state index contributed by atoms with van der Waals surface area (Å²) < 4.78 is 37.0. The summed E-state index contributed by atoms with van der Waals surface area (Å²) in [4.78, 5) is 4.57. The summed E-state index contributed by atoms with van der Waals surface area (Å²) in [6.45, 7) is -1.91. The van der Waals surface area contributed by atoms with E-state index >= 15 is 0 Å². The summed E-state index contributed by atoms with van der Waals surface area (Å²) in [6, 6.07) is 2.75. The van der Waals surface area contributed by atoms with Crippen molar-refractivity contribution in [3.05, 3.63) is 17.3 Å². The molecule has 0 saturated carbocycles. The first-order valence-corrected chi connectivity index (χ1v) is 5.06. The molecule has 0 aliphatic carbocycles. The van der Waals surface area contributed by atoms with Crippen LogP contribution in [0.4, 0.5) is 24.7 Å². The quantitative estimate of drug-likeness (QED) is 0.817. The van der Waals surface area contributed by atoms with Crippen molar-refractivity contribution in [1.29, 1.82) is 0 Å². The van der Waals surface area contributed by atoms with Gasteiger partial charge in [-0.2, -0.15) is 13.2 Å². The third-order valence-corrected chi connectivity index (χ3v) is 2.12. The lowest BCUT2D eigenvalue weighted by Gasteiger charge is -2.25. The van der Waals surface area contributed by atoms with E-state index < -0.39 is 19.3 Å². The molecule has 0 aliphatic rings. The van der Waals surface area contributed by atoms with Gasteiger partial charge < -0.3 is 15.7 Å². The molecule has 1 rings (SSSR count). The van der Waals surface area contributed by atoms with E-state index in [0.717, 1.165) is 4.90 Å². The van der Waals surface area contributed by atoms with Crippen LogP contribution in [0.2, 0.25) is 5.15 Å². The van der Waals surface area contributed by atoms with Crippen molar-refractivity contribution in [2.75, 3.05) is 30.3 Å². The minimum absolute atomic E-state index is 0.0410. The van der Waals surface area contributed by atoms with Crippen LogP contribution in [0.15, 0.2) is 12.1 Å². The van der Waals surface area contributed by atoms with E-state index in [1.807, 2.05) is 0 Å². The number of hydrogen-bond donors (Lipinski definition) is 2. The third kappa shape index (κ3) is 4.27. The van der Waals surface area contributed by atoms with Crippen LogP contribution >= 0.6 is 11.6 Å². The number of rotatable bonds is 4. The molecule has 0 fully saturated rings. The Kier molecular flexibility index (Phi) is 4.41. The van der Waals surface area contributed by atoms with E-state index in [1.165, 1.54) is 12.1 Å². The fourth-order valence-corrected chi connectivity index (χ4v) is 1.43. The maximum Gasteiger partial charge on any atom is 0.405 e. The average molecular weight is 270 g/mol. The molecule has 3 N–H and O–H groups in total. The Morgan fingerprint density at radius 1 is 1.41 bits per heavy atom. The van der Waals surface area contributed by atoms with Crippen LogP contribution in [0.1, 0.15) is 0 Å². The Morgan fingerprint density at radius 2 is 2.06 bits per heavy atom. The molecular weight excluding hydrogens is 259 g/mol. The van der Waals surface area contributed by atoms with Gasteiger partial charge in [-0.05, 0) is 12.1 Å². The molecule has 96 valence electrons. The fraction of sp³-hybridized carbons (Fsp3) is 0.444. The number of aliphatic hydroxyl groups excluding tert-OH is 1. The van der Waals surface area contributed by atoms with Gasteiger partial charge in [0.2, 0.25) is 0 Å². The van der Waals surface area contributed by atoms with E-state index in [-0.39, 0.29) is 23.2 Å². The van der Waals surface area contributed by atoms with Crippen molar-refractivity contribution < 1.29 is 18.3 Å². The minimum Gasteiger partial charge on any atom is -0.396 e. The standard InChI is InChI=1S/C9H11ClF3N3O/c10-7-2-1-6(14)8(15-7)16(3-4-17)5-9(11,12)13/h1-2,17H,3-5,14H2. The van der Waals surface area contributed by atoms with E-state index in [0.29, 0.717) is 0 Å². The van der Waals surface area contributed by atoms with Gasteiger partial charge in [0, 0.05) is 6.54 Å². The van der Waals surface area contributed by atoms with Crippen LogP contribution in [0, 0.1) is 0 Å². The lowest BCUT2D eigenvalue weighted by molar-refractivity contribution is -0.119. The Hall–Kier alpha value is -1.21. The number of aliphatic hydroxyl groups is 1. The summed E-state index contributed by atoms with van der Waals surface area (Å²) in [6.07, 6.45) is -4.41. The topological polar surface area (TPSA) is 62.4 Å². The van der Waals surface area contributed by atoms with E-state index in [2.05, 4.69) is 4.98 Å². The first-order valence-electron chi connectivity index (χ1n) is 4.68. The van der Waals surface area contributed by atoms with E-state index in [1.54, 1.807) is 0 Å². The van der Waals surface area contributed by atoms with Gasteiger partial charge in [-0.1, -0.05) is 11.6 Å². The zero-order valence-corrected chi connectivity index (χ0v) is 9.46. The predicted octanol–water partition coefficient (Wildman–Crippen LogP) is 1.68. The maximum atomic E-state index is 12.3. The normalized spacial score (nSPS) is 11.6. The van der Waals surface area contributed by atoms with E-state index in [9.17, 15) is 13.2 Å². The predicted molar refractivity (Wildman–Crippen MR) is 59.0 cm³/mol. The highest BCUT2D eigenvalue weighted by Crippen LogP contribution is 2.26. The molecule has 0 saturated heterocycles. The van der Waals surface area contributed by atoms with E-state index in [4.69, 9.17) is 22.4 Å². The number of alkyl halides is 3. The third-order valence-electron chi connectivity index (χ3n) is 1.91. The van der Waals surface area contributed by atoms with Gasteiger partial charge in [-0.25, -0.2) is 4.98 Å². The first kappa shape index (κ1) is 13.9. The molecule has 0 aromatic carbocycles. The van der Waals surface area contributed by atoms with Crippen molar-refractivity contribution in [2.24, 2.45) is 0 Å². The number of aromatic nitrogens is 1. The smallest absolute Gasteiger partial charge is 0.396 e. The van der Waals surface area contributed by atoms with Gasteiger partial charge in [0.1, 0.15) is 11.7 Å². The molecule has 0 atom stereocenters. The van der Waals surface area contributed by atoms with Crippen LogP contribution in [-0.2, 0) is 0 Å². The SMILES string of the molecule is Nc1ccc(Cl)nc1N(CCO)CC(F)(F)F. The second-order valence-corrected chi connectivity index (χ2v) is 3.69. The molecule has 8 heteroatoms. The minimum atomic E-state index is -4.41. The second kappa shape index (κ2) is 5.42. The molecule has 0 amide bonds. The van der Waals surface area contributed by atoms with Crippen molar-refractivity contribution >= 4 is 23.1 Å². The Bertz CT molecular complexity index is 386. The van der Waals surface area contributed by atoms with Gasteiger partial charge in [-0.3, -0.25) is 0 Å². The maximum absolute atomic E-state index is 12.3. The van der Waals surface area contributed by atoms with Crippen LogP contribution in [0.3, 0.4) is 0 Å². The Balaban J connectivity index is 3.00. The molecule has 1 aromatic heterocycles. The van der Waals surface area contributed by atoms with Gasteiger partial charge in [0.05, 0.1) is 12.3 Å². The number of hydrogen-bond acceptors (Lipinski definition) is 4. The summed E-state index contributed by atoms with van der Waals surface area (Å²) in [5.41, 5.74) is 5.60. The highest BCUT2D eigenvalue weighted by Gasteiger charge is 2.31. The summed E-state index contributed by atoms with van der Waals surface area (Å²) in [5.74, 6) is -0.0797. The number of anilines is 2. The monoisotopic (exact) mass is 269 g/mol. The molecule has 0 spiro atoms. The highest BCUT2D eigenvalue weighted by molar-refractivity contribution is 6.29. The Morgan fingerprint density at radius 3 is 2.59 bits per heavy atom. The molecule has 1 aromatic rings. The first-order chi connectivity index (χ1) is 7.83. The molecule has 0 aliphatic heterocycles. The van der Waals surface area contributed by atoms with Gasteiger partial charge in [-0.15, -0.1) is 0 Å². The van der Waals surface area contributed by atoms with Crippen LogP contribution in [-0.4, -0.2) is 36.0 Å². The van der Waals surface area contributed by atoms with Crippen molar-refractivity contribution in [3.8, 4) is 0 Å². The zero-order valence-electron chi connectivity index (χ0n) is 8.71. The largest absolute Gasteiger partial charge is 0.405 e. The number of halogens is 4. The average Bonchev–Trinajstić information content (AvgIpc) is 2.19. The summed E-state index contributed by atoms with van der Waals surface area (Å²) >= 11 is 5.60. The van der Waals surface area contributed by atoms with Crippen LogP contribution in [0.25, 0.3) is 0 Å². The van der Waals surface area contributed by atoms with Crippen molar-refractivity contribution in [2.45, 2.75) is 6.18 Å². The van der Waals surface area contributed by atoms with Gasteiger partial charge >= 0.3 is 6.18 Å². The molecule has 0 bridgehead atoms. The van der Waals surface area contributed by atoms with Gasteiger partial charge in [0.25, 0.3) is 0 Å². The molecular formula is C9H11ClF3N3O. The fourth-order valence-electron chi connectivity index (χ4n) is 1.29. The zero-order chi connectivity index (χ0) is 13.1. The number of nitrogen functional groups attached to an aromatic ring is 1.